The van der Waals surface area contributed by atoms with Crippen molar-refractivity contribution >= 4 is 29.2 Å². The molecule has 0 fully saturated rings. The molecule has 0 unspecified atom stereocenters. The van der Waals surface area contributed by atoms with Crippen molar-refractivity contribution in [2.45, 2.75) is 26.2 Å². The summed E-state index contributed by atoms with van der Waals surface area (Å²) in [5.74, 6) is 1.81. The topological polar surface area (TPSA) is 81.4 Å². The predicted molar refractivity (Wildman–Crippen MR) is 99.5 cm³/mol. The molecule has 2 heterocycles. The highest BCUT2D eigenvalue weighted by Crippen LogP contribution is 2.15. The van der Waals surface area contributed by atoms with E-state index in [9.17, 15) is 4.79 Å². The number of aryl methyl sites for hydroxylation is 1. The van der Waals surface area contributed by atoms with E-state index >= 15 is 0 Å². The highest BCUT2D eigenvalue weighted by Gasteiger charge is 2.11. The first-order chi connectivity index (χ1) is 12.5. The zero-order chi connectivity index (χ0) is 18.5. The molecule has 0 saturated heterocycles. The molecule has 0 aliphatic rings. The molecule has 0 aliphatic heterocycles. The molecule has 136 valence electrons. The minimum Gasteiger partial charge on any atom is -0.469 e. The van der Waals surface area contributed by atoms with Crippen LogP contribution >= 0.6 is 11.6 Å². The average molecular weight is 374 g/mol. The van der Waals surface area contributed by atoms with Crippen LogP contribution in [0.1, 0.15) is 29.9 Å². The number of carbonyl (C=O) groups is 1. The highest BCUT2D eigenvalue weighted by molar-refractivity contribution is 6.30. The number of esters is 1. The SMILES string of the molecule is COC(=O)CCCNc1cc(C)nc2nc(Cc3ccc(Cl)cc3)nn12. The molecule has 1 N–H and O–H groups in total. The molecule has 3 aromatic rings. The van der Waals surface area contributed by atoms with Crippen molar-refractivity contribution in [1.82, 2.24) is 19.6 Å². The van der Waals surface area contributed by atoms with Gasteiger partial charge in [0.1, 0.15) is 5.82 Å². The number of nitrogens with one attached hydrogen (secondary N) is 1. The van der Waals surface area contributed by atoms with Gasteiger partial charge in [-0.25, -0.2) is 4.98 Å². The monoisotopic (exact) mass is 373 g/mol. The Bertz CT molecular complexity index is 908. The van der Waals surface area contributed by atoms with Gasteiger partial charge >= 0.3 is 5.97 Å². The molecule has 26 heavy (non-hydrogen) atoms. The number of aromatic nitrogens is 4. The largest absolute Gasteiger partial charge is 0.469 e. The molecule has 0 amide bonds. The maximum Gasteiger partial charge on any atom is 0.305 e. The molecule has 7 nitrogen and oxygen atoms in total. The van der Waals surface area contributed by atoms with Gasteiger partial charge in [-0.3, -0.25) is 4.79 Å². The van der Waals surface area contributed by atoms with E-state index in [-0.39, 0.29) is 5.97 Å². The lowest BCUT2D eigenvalue weighted by molar-refractivity contribution is -0.140. The van der Waals surface area contributed by atoms with E-state index in [2.05, 4.69) is 25.1 Å². The molecule has 0 radical (unpaired) electrons. The van der Waals surface area contributed by atoms with E-state index in [1.807, 2.05) is 37.3 Å². The van der Waals surface area contributed by atoms with Crippen LogP contribution in [0.2, 0.25) is 5.02 Å². The van der Waals surface area contributed by atoms with Crippen molar-refractivity contribution in [3.8, 4) is 0 Å². The summed E-state index contributed by atoms with van der Waals surface area (Å²) in [6, 6.07) is 9.52. The summed E-state index contributed by atoms with van der Waals surface area (Å²) >= 11 is 5.92. The summed E-state index contributed by atoms with van der Waals surface area (Å²) in [5.41, 5.74) is 1.92. The number of hydrogen-bond acceptors (Lipinski definition) is 6. The van der Waals surface area contributed by atoms with Gasteiger partial charge in [-0.15, -0.1) is 5.10 Å². The molecular weight excluding hydrogens is 354 g/mol. The zero-order valence-corrected chi connectivity index (χ0v) is 15.5. The van der Waals surface area contributed by atoms with E-state index in [1.54, 1.807) is 4.52 Å². The fourth-order valence-corrected chi connectivity index (χ4v) is 2.69. The Hall–Kier alpha value is -2.67. The van der Waals surface area contributed by atoms with Crippen LogP contribution in [-0.4, -0.2) is 39.2 Å². The second kappa shape index (κ2) is 8.14. The number of rotatable bonds is 7. The third kappa shape index (κ3) is 4.49. The zero-order valence-electron chi connectivity index (χ0n) is 14.7. The first kappa shape index (κ1) is 18.1. The summed E-state index contributed by atoms with van der Waals surface area (Å²) in [7, 11) is 1.39. The van der Waals surface area contributed by atoms with Crippen LogP contribution in [0.25, 0.3) is 5.78 Å². The van der Waals surface area contributed by atoms with Crippen molar-refractivity contribution < 1.29 is 9.53 Å². The van der Waals surface area contributed by atoms with Crippen molar-refractivity contribution in [3.63, 3.8) is 0 Å². The average Bonchev–Trinajstić information content (AvgIpc) is 3.02. The molecule has 0 spiro atoms. The van der Waals surface area contributed by atoms with E-state index < -0.39 is 0 Å². The number of methoxy groups -OCH3 is 1. The quantitative estimate of drug-likeness (QED) is 0.506. The lowest BCUT2D eigenvalue weighted by atomic mass is 10.1. The van der Waals surface area contributed by atoms with Crippen LogP contribution < -0.4 is 5.32 Å². The van der Waals surface area contributed by atoms with Crippen molar-refractivity contribution in [2.75, 3.05) is 19.0 Å². The number of fused-ring (bicyclic) bond motifs is 1. The molecule has 8 heteroatoms. The van der Waals surface area contributed by atoms with Crippen molar-refractivity contribution in [2.24, 2.45) is 0 Å². The van der Waals surface area contributed by atoms with Gasteiger partial charge in [-0.2, -0.15) is 9.50 Å². The van der Waals surface area contributed by atoms with Gasteiger partial charge in [0.25, 0.3) is 5.78 Å². The second-order valence-electron chi connectivity index (χ2n) is 5.93. The summed E-state index contributed by atoms with van der Waals surface area (Å²) in [6.45, 7) is 2.53. The Morgan fingerprint density at radius 2 is 2.04 bits per heavy atom. The minimum atomic E-state index is -0.214. The molecule has 0 saturated carbocycles. The standard InChI is InChI=1S/C18H20ClN5O2/c1-12-10-16(20-9-3-4-17(25)26-2)24-18(21-12)22-15(23-24)11-13-5-7-14(19)8-6-13/h5-8,10,20H,3-4,9,11H2,1-2H3. The van der Waals surface area contributed by atoms with E-state index in [1.165, 1.54) is 7.11 Å². The first-order valence-electron chi connectivity index (χ1n) is 8.33. The maximum atomic E-state index is 11.2. The van der Waals surface area contributed by atoms with E-state index in [0.29, 0.717) is 42.4 Å². The van der Waals surface area contributed by atoms with E-state index in [4.69, 9.17) is 11.6 Å². The number of halogens is 1. The summed E-state index contributed by atoms with van der Waals surface area (Å²) in [6.07, 6.45) is 1.64. The van der Waals surface area contributed by atoms with Crippen LogP contribution in [0.4, 0.5) is 5.82 Å². The molecule has 0 bridgehead atoms. The minimum absolute atomic E-state index is 0.214. The van der Waals surface area contributed by atoms with Gasteiger partial charge < -0.3 is 10.1 Å². The van der Waals surface area contributed by atoms with Gasteiger partial charge in [0.05, 0.1) is 7.11 Å². The fraction of sp³-hybridized carbons (Fsp3) is 0.333. The lowest BCUT2D eigenvalue weighted by Crippen LogP contribution is -2.10. The molecule has 2 aromatic heterocycles. The normalized spacial score (nSPS) is 10.9. The number of carbonyl (C=O) groups excluding carboxylic acids is 1. The Morgan fingerprint density at radius 1 is 1.27 bits per heavy atom. The van der Waals surface area contributed by atoms with Gasteiger partial charge in [-0.05, 0) is 31.0 Å². The molecular formula is C18H20ClN5O2. The summed E-state index contributed by atoms with van der Waals surface area (Å²) in [4.78, 5) is 20.1. The third-order valence-electron chi connectivity index (χ3n) is 3.85. The Morgan fingerprint density at radius 3 is 2.77 bits per heavy atom. The Balaban J connectivity index is 1.75. The fourth-order valence-electron chi connectivity index (χ4n) is 2.57. The highest BCUT2D eigenvalue weighted by atomic mass is 35.5. The first-order valence-corrected chi connectivity index (χ1v) is 8.71. The molecule has 0 aliphatic carbocycles. The van der Waals surface area contributed by atoms with Crippen LogP contribution in [0.5, 0.6) is 0 Å². The van der Waals surface area contributed by atoms with Crippen LogP contribution in [0.3, 0.4) is 0 Å². The van der Waals surface area contributed by atoms with Crippen LogP contribution in [0.15, 0.2) is 30.3 Å². The van der Waals surface area contributed by atoms with Crippen LogP contribution in [0, 0.1) is 6.92 Å². The van der Waals surface area contributed by atoms with Crippen molar-refractivity contribution in [1.29, 1.82) is 0 Å². The maximum absolute atomic E-state index is 11.2. The predicted octanol–water partition coefficient (Wildman–Crippen LogP) is 3.04. The molecule has 0 atom stereocenters. The van der Waals surface area contributed by atoms with Crippen LogP contribution in [-0.2, 0) is 16.0 Å². The lowest BCUT2D eigenvalue weighted by Gasteiger charge is -2.08. The summed E-state index contributed by atoms with van der Waals surface area (Å²) in [5, 5.41) is 8.55. The number of hydrogen-bond donors (Lipinski definition) is 1. The molecule has 1 aromatic carbocycles. The van der Waals surface area contributed by atoms with Gasteiger partial charge in [0.2, 0.25) is 0 Å². The second-order valence-corrected chi connectivity index (χ2v) is 6.37. The van der Waals surface area contributed by atoms with Gasteiger partial charge in [0, 0.05) is 36.2 Å². The van der Waals surface area contributed by atoms with E-state index in [0.717, 1.165) is 17.1 Å². The number of nitrogens with zero attached hydrogens (tertiary/aromatic N) is 4. The summed E-state index contributed by atoms with van der Waals surface area (Å²) < 4.78 is 6.34. The van der Waals surface area contributed by atoms with Crippen molar-refractivity contribution in [3.05, 3.63) is 52.4 Å². The molecule has 3 rings (SSSR count). The smallest absolute Gasteiger partial charge is 0.305 e. The number of anilines is 1. The Labute approximate surface area is 156 Å². The van der Waals surface area contributed by atoms with Gasteiger partial charge in [-0.1, -0.05) is 23.7 Å². The van der Waals surface area contributed by atoms with Gasteiger partial charge in [0.15, 0.2) is 5.82 Å². The Kier molecular flexibility index (Phi) is 5.68. The number of ether oxygens (including phenoxy) is 1. The number of benzene rings is 1. The third-order valence-corrected chi connectivity index (χ3v) is 4.10.